The van der Waals surface area contributed by atoms with Gasteiger partial charge in [0.15, 0.2) is 0 Å². The number of hydrogen-bond donors (Lipinski definition) is 0. The van der Waals surface area contributed by atoms with Crippen LogP contribution in [0.4, 0.5) is 0 Å². The summed E-state index contributed by atoms with van der Waals surface area (Å²) in [4.78, 5) is 0. The molecule has 2 aromatic heterocycles. The number of aromatic nitrogens is 2. The molecule has 0 spiro atoms. The minimum Gasteiger partial charge on any atom is -0.423 e. The van der Waals surface area contributed by atoms with Gasteiger partial charge in [-0.2, -0.15) is 4.31 Å². The first-order chi connectivity index (χ1) is 9.57. The van der Waals surface area contributed by atoms with E-state index in [1.165, 1.54) is 15.6 Å². The zero-order valence-corrected chi connectivity index (χ0v) is 12.4. The first-order valence-electron chi connectivity index (χ1n) is 6.02. The molecular formula is C11H13N3O4S2. The number of ether oxygens (including phenoxy) is 1. The summed E-state index contributed by atoms with van der Waals surface area (Å²) in [5.74, 6) is 0.746. The second kappa shape index (κ2) is 5.24. The third-order valence-electron chi connectivity index (χ3n) is 2.94. The van der Waals surface area contributed by atoms with Gasteiger partial charge >= 0.3 is 0 Å². The van der Waals surface area contributed by atoms with Crippen LogP contribution in [0.5, 0.6) is 0 Å². The summed E-state index contributed by atoms with van der Waals surface area (Å²) in [6.45, 7) is 2.49. The number of morpholine rings is 1. The molecule has 1 aliphatic heterocycles. The van der Waals surface area contributed by atoms with Crippen LogP contribution in [-0.4, -0.2) is 42.6 Å². The average Bonchev–Trinajstić information content (AvgIpc) is 3.10. The minimum atomic E-state index is -3.47. The quantitative estimate of drug-likeness (QED) is 0.846. The lowest BCUT2D eigenvalue weighted by molar-refractivity contribution is -0.0176. The summed E-state index contributed by atoms with van der Waals surface area (Å²) in [6.07, 6.45) is -0.514. The molecule has 20 heavy (non-hydrogen) atoms. The van der Waals surface area contributed by atoms with Crippen LogP contribution >= 0.6 is 11.3 Å². The van der Waals surface area contributed by atoms with Crippen molar-refractivity contribution in [3.63, 3.8) is 0 Å². The highest BCUT2D eigenvalue weighted by Gasteiger charge is 2.34. The molecule has 2 aromatic rings. The molecule has 1 aliphatic rings. The fourth-order valence-electron chi connectivity index (χ4n) is 1.97. The molecule has 108 valence electrons. The van der Waals surface area contributed by atoms with E-state index in [1.54, 1.807) is 24.4 Å². The van der Waals surface area contributed by atoms with Gasteiger partial charge in [0, 0.05) is 20.0 Å². The van der Waals surface area contributed by atoms with Gasteiger partial charge in [-0.15, -0.1) is 21.5 Å². The molecule has 3 heterocycles. The van der Waals surface area contributed by atoms with Gasteiger partial charge in [0.25, 0.3) is 10.0 Å². The van der Waals surface area contributed by atoms with E-state index in [4.69, 9.17) is 9.15 Å². The highest BCUT2D eigenvalue weighted by molar-refractivity contribution is 7.91. The molecule has 1 saturated heterocycles. The normalized spacial score (nSPS) is 21.1. The monoisotopic (exact) mass is 315 g/mol. The fraction of sp³-hybridized carbons (Fsp3) is 0.455. The van der Waals surface area contributed by atoms with Crippen LogP contribution in [0.15, 0.2) is 26.1 Å². The first kappa shape index (κ1) is 13.7. The highest BCUT2D eigenvalue weighted by Crippen LogP contribution is 2.27. The summed E-state index contributed by atoms with van der Waals surface area (Å²) in [6, 6.07) is 3.32. The molecule has 7 nitrogen and oxygen atoms in total. The topological polar surface area (TPSA) is 85.5 Å². The Morgan fingerprint density at radius 1 is 1.45 bits per heavy atom. The maximum absolute atomic E-state index is 12.4. The van der Waals surface area contributed by atoms with Crippen molar-refractivity contribution in [2.45, 2.75) is 17.2 Å². The lowest BCUT2D eigenvalue weighted by Crippen LogP contribution is -2.42. The summed E-state index contributed by atoms with van der Waals surface area (Å²) < 4.78 is 37.4. The van der Waals surface area contributed by atoms with Gasteiger partial charge < -0.3 is 9.15 Å². The molecule has 0 saturated carbocycles. The molecule has 0 aliphatic carbocycles. The lowest BCUT2D eigenvalue weighted by Gasteiger charge is -2.29. The van der Waals surface area contributed by atoms with Crippen molar-refractivity contribution < 1.29 is 17.6 Å². The first-order valence-corrected chi connectivity index (χ1v) is 8.34. The van der Waals surface area contributed by atoms with Crippen LogP contribution in [0.1, 0.15) is 17.9 Å². The summed E-state index contributed by atoms with van der Waals surface area (Å²) in [5, 5.41) is 9.37. The number of nitrogens with zero attached hydrogens (tertiary/aromatic N) is 3. The van der Waals surface area contributed by atoms with Crippen molar-refractivity contribution in [3.05, 3.63) is 29.3 Å². The predicted molar refractivity (Wildman–Crippen MR) is 70.8 cm³/mol. The second-order valence-corrected chi connectivity index (χ2v) is 7.43. The van der Waals surface area contributed by atoms with Crippen molar-refractivity contribution in [2.75, 3.05) is 19.7 Å². The van der Waals surface area contributed by atoms with Gasteiger partial charge in [0.2, 0.25) is 11.8 Å². The highest BCUT2D eigenvalue weighted by atomic mass is 32.2. The van der Waals surface area contributed by atoms with E-state index >= 15 is 0 Å². The summed E-state index contributed by atoms with van der Waals surface area (Å²) >= 11 is 1.20. The Balaban J connectivity index is 1.82. The van der Waals surface area contributed by atoms with E-state index in [2.05, 4.69) is 10.2 Å². The number of thiophene rings is 1. The Morgan fingerprint density at radius 2 is 2.30 bits per heavy atom. The van der Waals surface area contributed by atoms with Gasteiger partial charge in [-0.1, -0.05) is 6.07 Å². The lowest BCUT2D eigenvalue weighted by atomic mass is 10.3. The zero-order valence-electron chi connectivity index (χ0n) is 10.7. The second-order valence-electron chi connectivity index (χ2n) is 4.31. The van der Waals surface area contributed by atoms with E-state index in [-0.39, 0.29) is 6.54 Å². The zero-order chi connectivity index (χ0) is 14.2. The van der Waals surface area contributed by atoms with Crippen LogP contribution in [0.2, 0.25) is 0 Å². The van der Waals surface area contributed by atoms with Crippen LogP contribution < -0.4 is 0 Å². The van der Waals surface area contributed by atoms with Crippen LogP contribution in [-0.2, 0) is 14.8 Å². The van der Waals surface area contributed by atoms with Gasteiger partial charge in [0.1, 0.15) is 10.3 Å². The number of hydrogen-bond acceptors (Lipinski definition) is 7. The van der Waals surface area contributed by atoms with E-state index in [9.17, 15) is 8.42 Å². The van der Waals surface area contributed by atoms with Crippen molar-refractivity contribution >= 4 is 21.4 Å². The Labute approximate surface area is 120 Å². The van der Waals surface area contributed by atoms with E-state index < -0.39 is 16.1 Å². The molecule has 1 fully saturated rings. The van der Waals surface area contributed by atoms with Crippen molar-refractivity contribution in [1.29, 1.82) is 0 Å². The Morgan fingerprint density at radius 3 is 2.95 bits per heavy atom. The van der Waals surface area contributed by atoms with Crippen molar-refractivity contribution in [1.82, 2.24) is 14.5 Å². The maximum atomic E-state index is 12.4. The number of aryl methyl sites for hydroxylation is 1. The van der Waals surface area contributed by atoms with Gasteiger partial charge in [0.05, 0.1) is 6.61 Å². The fourth-order valence-corrected chi connectivity index (χ4v) is 4.54. The maximum Gasteiger partial charge on any atom is 0.252 e. The Kier molecular flexibility index (Phi) is 3.59. The molecule has 0 amide bonds. The van der Waals surface area contributed by atoms with E-state index in [0.717, 1.165) is 0 Å². The minimum absolute atomic E-state index is 0.182. The molecule has 0 radical (unpaired) electrons. The summed E-state index contributed by atoms with van der Waals surface area (Å²) in [5.41, 5.74) is 0. The molecular weight excluding hydrogens is 302 g/mol. The standard InChI is InChI=1S/C11H13N3O4S2/c1-8-12-13-11(18-8)9-7-14(4-5-17-9)20(15,16)10-3-2-6-19-10/h2-3,6,9H,4-5,7H2,1H3/t9-/m0/s1. The molecule has 9 heteroatoms. The van der Waals surface area contributed by atoms with Crippen molar-refractivity contribution in [2.24, 2.45) is 0 Å². The van der Waals surface area contributed by atoms with Gasteiger partial charge in [-0.3, -0.25) is 0 Å². The molecule has 0 N–H and O–H groups in total. The van der Waals surface area contributed by atoms with Crippen LogP contribution in [0.3, 0.4) is 0 Å². The molecule has 0 aromatic carbocycles. The number of rotatable bonds is 3. The number of sulfonamides is 1. The SMILES string of the molecule is Cc1nnc([C@@H]2CN(S(=O)(=O)c3cccs3)CCO2)o1. The predicted octanol–water partition coefficient (Wildman–Crippen LogP) is 1.20. The average molecular weight is 315 g/mol. The van der Waals surface area contributed by atoms with Gasteiger partial charge in [-0.05, 0) is 11.4 Å². The Bertz CT molecular complexity index is 680. The molecule has 3 rings (SSSR count). The largest absolute Gasteiger partial charge is 0.423 e. The van der Waals surface area contributed by atoms with E-state index in [1.807, 2.05) is 0 Å². The summed E-state index contributed by atoms with van der Waals surface area (Å²) in [7, 11) is -3.47. The molecule has 0 bridgehead atoms. The van der Waals surface area contributed by atoms with Crippen molar-refractivity contribution in [3.8, 4) is 0 Å². The smallest absolute Gasteiger partial charge is 0.252 e. The van der Waals surface area contributed by atoms with Gasteiger partial charge in [-0.25, -0.2) is 8.42 Å². The van der Waals surface area contributed by atoms with Crippen LogP contribution in [0.25, 0.3) is 0 Å². The van der Waals surface area contributed by atoms with E-state index in [0.29, 0.717) is 29.1 Å². The third kappa shape index (κ3) is 2.49. The Hall–Kier alpha value is -1.29. The molecule has 1 atom stereocenters. The third-order valence-corrected chi connectivity index (χ3v) is 6.17. The van der Waals surface area contributed by atoms with Crippen LogP contribution in [0, 0.1) is 6.92 Å². The molecule has 0 unspecified atom stereocenters.